The minimum atomic E-state index is 0.0561. The molecule has 1 saturated heterocycles. The molecule has 0 saturated carbocycles. The second-order valence-corrected chi connectivity index (χ2v) is 4.55. The Hall–Kier alpha value is -1.35. The summed E-state index contributed by atoms with van der Waals surface area (Å²) < 4.78 is 0. The number of nitrogens with one attached hydrogen (secondary N) is 1. The summed E-state index contributed by atoms with van der Waals surface area (Å²) in [6, 6.07) is 9.78. The van der Waals surface area contributed by atoms with Gasteiger partial charge in [-0.3, -0.25) is 4.79 Å². The van der Waals surface area contributed by atoms with Crippen LogP contribution in [0.5, 0.6) is 0 Å². The molecule has 1 aliphatic rings. The lowest BCUT2D eigenvalue weighted by Gasteiger charge is -2.31. The Labute approximate surface area is 103 Å². The van der Waals surface area contributed by atoms with Gasteiger partial charge in [-0.25, -0.2) is 0 Å². The van der Waals surface area contributed by atoms with Crippen molar-refractivity contribution in [2.75, 3.05) is 19.6 Å². The Morgan fingerprint density at radius 2 is 1.94 bits per heavy atom. The standard InChI is InChI=1S/C14H20N2O/c1-2-16-10-8-13(9-11-16)15-14(17)12-6-4-3-5-7-12/h3-7,13H,2,8-11H2,1H3,(H,15,17). The molecule has 0 aliphatic carbocycles. The van der Waals surface area contributed by atoms with E-state index in [2.05, 4.69) is 17.1 Å². The lowest BCUT2D eigenvalue weighted by atomic mass is 10.0. The summed E-state index contributed by atoms with van der Waals surface area (Å²) in [4.78, 5) is 14.4. The van der Waals surface area contributed by atoms with Gasteiger partial charge in [0.15, 0.2) is 0 Å². The highest BCUT2D eigenvalue weighted by Gasteiger charge is 2.19. The summed E-state index contributed by atoms with van der Waals surface area (Å²) in [6.07, 6.45) is 2.12. The predicted octanol–water partition coefficient (Wildman–Crippen LogP) is 1.90. The molecule has 0 bridgehead atoms. The van der Waals surface area contributed by atoms with E-state index in [4.69, 9.17) is 0 Å². The number of carbonyl (C=O) groups excluding carboxylic acids is 1. The van der Waals surface area contributed by atoms with Crippen LogP contribution in [0.4, 0.5) is 0 Å². The van der Waals surface area contributed by atoms with Crippen molar-refractivity contribution in [3.05, 3.63) is 35.9 Å². The summed E-state index contributed by atoms with van der Waals surface area (Å²) in [5.74, 6) is 0.0561. The van der Waals surface area contributed by atoms with Crippen molar-refractivity contribution in [2.24, 2.45) is 0 Å². The first kappa shape index (κ1) is 12.1. The predicted molar refractivity (Wildman–Crippen MR) is 69.0 cm³/mol. The number of carbonyl (C=O) groups is 1. The van der Waals surface area contributed by atoms with Crippen molar-refractivity contribution in [2.45, 2.75) is 25.8 Å². The van der Waals surface area contributed by atoms with Gasteiger partial charge in [0.1, 0.15) is 0 Å². The maximum Gasteiger partial charge on any atom is 0.251 e. The van der Waals surface area contributed by atoms with Crippen molar-refractivity contribution < 1.29 is 4.79 Å². The number of nitrogens with zero attached hydrogens (tertiary/aromatic N) is 1. The highest BCUT2D eigenvalue weighted by atomic mass is 16.1. The fourth-order valence-corrected chi connectivity index (χ4v) is 2.25. The second-order valence-electron chi connectivity index (χ2n) is 4.55. The van der Waals surface area contributed by atoms with Crippen molar-refractivity contribution in [3.8, 4) is 0 Å². The zero-order chi connectivity index (χ0) is 12.1. The molecule has 3 nitrogen and oxygen atoms in total. The normalized spacial score (nSPS) is 17.9. The molecular formula is C14H20N2O. The number of benzene rings is 1. The Balaban J connectivity index is 1.84. The molecule has 2 rings (SSSR count). The van der Waals surface area contributed by atoms with E-state index in [0.717, 1.165) is 38.0 Å². The molecule has 92 valence electrons. The van der Waals surface area contributed by atoms with Crippen LogP contribution in [0.25, 0.3) is 0 Å². The summed E-state index contributed by atoms with van der Waals surface area (Å²) >= 11 is 0. The van der Waals surface area contributed by atoms with Gasteiger partial charge >= 0.3 is 0 Å². The average molecular weight is 232 g/mol. The van der Waals surface area contributed by atoms with Crippen molar-refractivity contribution in [1.82, 2.24) is 10.2 Å². The third-order valence-corrected chi connectivity index (χ3v) is 3.41. The number of likely N-dealkylation sites (tertiary alicyclic amines) is 1. The van der Waals surface area contributed by atoms with Crippen molar-refractivity contribution in [1.29, 1.82) is 0 Å². The average Bonchev–Trinajstić information content (AvgIpc) is 2.40. The van der Waals surface area contributed by atoms with Crippen LogP contribution in [0.1, 0.15) is 30.1 Å². The Morgan fingerprint density at radius 3 is 2.53 bits per heavy atom. The summed E-state index contributed by atoms with van der Waals surface area (Å²) in [5.41, 5.74) is 0.755. The van der Waals surface area contributed by atoms with Crippen LogP contribution in [0.15, 0.2) is 30.3 Å². The zero-order valence-corrected chi connectivity index (χ0v) is 10.4. The molecule has 1 amide bonds. The van der Waals surface area contributed by atoms with Crippen LogP contribution in [-0.2, 0) is 0 Å². The van der Waals surface area contributed by atoms with E-state index < -0.39 is 0 Å². The van der Waals surface area contributed by atoms with E-state index >= 15 is 0 Å². The summed E-state index contributed by atoms with van der Waals surface area (Å²) in [6.45, 7) is 5.48. The van der Waals surface area contributed by atoms with Crippen molar-refractivity contribution in [3.63, 3.8) is 0 Å². The van der Waals surface area contributed by atoms with E-state index in [9.17, 15) is 4.79 Å². The monoisotopic (exact) mass is 232 g/mol. The SMILES string of the molecule is CCN1CCC(NC(=O)c2ccccc2)CC1. The largest absolute Gasteiger partial charge is 0.349 e. The Bertz CT molecular complexity index is 356. The van der Waals surface area contributed by atoms with E-state index in [1.807, 2.05) is 30.3 Å². The molecule has 0 spiro atoms. The number of rotatable bonds is 3. The molecule has 1 aromatic carbocycles. The quantitative estimate of drug-likeness (QED) is 0.863. The number of hydrogen-bond donors (Lipinski definition) is 1. The van der Waals surface area contributed by atoms with E-state index in [1.54, 1.807) is 0 Å². The van der Waals surface area contributed by atoms with Crippen LogP contribution in [-0.4, -0.2) is 36.5 Å². The van der Waals surface area contributed by atoms with Gasteiger partial charge in [-0.15, -0.1) is 0 Å². The first-order valence-electron chi connectivity index (χ1n) is 6.38. The van der Waals surface area contributed by atoms with Gasteiger partial charge in [-0.1, -0.05) is 25.1 Å². The maximum absolute atomic E-state index is 11.9. The summed E-state index contributed by atoms with van der Waals surface area (Å²) in [7, 11) is 0. The minimum absolute atomic E-state index is 0.0561. The van der Waals surface area contributed by atoms with Gasteiger partial charge in [0.2, 0.25) is 0 Å². The van der Waals surface area contributed by atoms with Gasteiger partial charge in [-0.05, 0) is 31.5 Å². The highest BCUT2D eigenvalue weighted by Crippen LogP contribution is 2.10. The molecule has 0 aromatic heterocycles. The third kappa shape index (κ3) is 3.30. The summed E-state index contributed by atoms with van der Waals surface area (Å²) in [5, 5.41) is 3.11. The number of amides is 1. The second kappa shape index (κ2) is 5.82. The lowest BCUT2D eigenvalue weighted by molar-refractivity contribution is 0.0912. The Morgan fingerprint density at radius 1 is 1.29 bits per heavy atom. The number of hydrogen-bond acceptors (Lipinski definition) is 2. The minimum Gasteiger partial charge on any atom is -0.349 e. The fraction of sp³-hybridized carbons (Fsp3) is 0.500. The molecule has 17 heavy (non-hydrogen) atoms. The van der Waals surface area contributed by atoms with Crippen LogP contribution >= 0.6 is 0 Å². The topological polar surface area (TPSA) is 32.3 Å². The Kier molecular flexibility index (Phi) is 4.15. The van der Waals surface area contributed by atoms with E-state index in [-0.39, 0.29) is 5.91 Å². The molecule has 1 heterocycles. The highest BCUT2D eigenvalue weighted by molar-refractivity contribution is 5.94. The molecule has 1 aliphatic heterocycles. The maximum atomic E-state index is 11.9. The van der Waals surface area contributed by atoms with Crippen LogP contribution in [0.2, 0.25) is 0 Å². The van der Waals surface area contributed by atoms with Gasteiger partial charge in [0.05, 0.1) is 0 Å². The fourth-order valence-electron chi connectivity index (χ4n) is 2.25. The van der Waals surface area contributed by atoms with E-state index in [1.165, 1.54) is 0 Å². The van der Waals surface area contributed by atoms with Crippen LogP contribution in [0.3, 0.4) is 0 Å². The van der Waals surface area contributed by atoms with Gasteiger partial charge in [-0.2, -0.15) is 0 Å². The molecule has 3 heteroatoms. The van der Waals surface area contributed by atoms with Gasteiger partial charge in [0.25, 0.3) is 5.91 Å². The molecule has 1 fully saturated rings. The van der Waals surface area contributed by atoms with Crippen molar-refractivity contribution >= 4 is 5.91 Å². The molecule has 0 unspecified atom stereocenters. The zero-order valence-electron chi connectivity index (χ0n) is 10.4. The lowest BCUT2D eigenvalue weighted by Crippen LogP contribution is -2.44. The van der Waals surface area contributed by atoms with E-state index in [0.29, 0.717) is 6.04 Å². The number of piperidine rings is 1. The molecule has 0 atom stereocenters. The first-order valence-corrected chi connectivity index (χ1v) is 6.38. The third-order valence-electron chi connectivity index (χ3n) is 3.41. The smallest absolute Gasteiger partial charge is 0.251 e. The van der Waals surface area contributed by atoms with Gasteiger partial charge < -0.3 is 10.2 Å². The van der Waals surface area contributed by atoms with Crippen LogP contribution < -0.4 is 5.32 Å². The molecular weight excluding hydrogens is 212 g/mol. The van der Waals surface area contributed by atoms with Gasteiger partial charge in [0, 0.05) is 24.7 Å². The molecule has 1 N–H and O–H groups in total. The first-order chi connectivity index (χ1) is 8.29. The molecule has 1 aromatic rings. The van der Waals surface area contributed by atoms with Crippen LogP contribution in [0, 0.1) is 0 Å². The molecule has 0 radical (unpaired) electrons.